The van der Waals surface area contributed by atoms with Gasteiger partial charge in [-0.1, -0.05) is 24.3 Å². The van der Waals surface area contributed by atoms with Crippen molar-refractivity contribution < 1.29 is 53.8 Å². The molecule has 57 heavy (non-hydrogen) atoms. The molecule has 4 aromatic carbocycles. The van der Waals surface area contributed by atoms with Gasteiger partial charge in [0.25, 0.3) is 0 Å². The fourth-order valence-corrected chi connectivity index (χ4v) is 7.34. The van der Waals surface area contributed by atoms with Crippen molar-refractivity contribution >= 4 is 38.0 Å². The minimum Gasteiger partial charge on any atom is -0.460 e. The molecule has 300 valence electrons. The van der Waals surface area contributed by atoms with Crippen LogP contribution in [-0.2, 0) is 32.5 Å². The standard InChI is InChI=1S/C40H38F4N4O8S/c1-21-25(7-4-9-27(21)36-47-30-15-23(19-45-13-14-57(3,50)51)32(55-39(41)42)17-34(30)53-36)26-8-5-10-28(22(26)2)37-48-31-16-24(20-52-38(49)29-11-6-12-46-29)33(56-40(43)44)18-35(31)54-37/h4-5,7-10,15-18,29,39-40,45-46H,6,11-14,19-20H2,1-3H3/t29-/m0/s1. The number of sulfone groups is 1. The number of halogens is 4. The molecule has 12 nitrogen and oxygen atoms in total. The molecule has 1 fully saturated rings. The van der Waals surface area contributed by atoms with Gasteiger partial charge in [0.15, 0.2) is 11.2 Å². The normalized spacial score (nSPS) is 14.6. The van der Waals surface area contributed by atoms with Crippen molar-refractivity contribution in [2.45, 2.75) is 59.1 Å². The highest BCUT2D eigenvalue weighted by Gasteiger charge is 2.25. The Morgan fingerprint density at radius 1 is 0.842 bits per heavy atom. The Labute approximate surface area is 324 Å². The van der Waals surface area contributed by atoms with Crippen molar-refractivity contribution in [1.29, 1.82) is 0 Å². The molecule has 0 unspecified atom stereocenters. The average Bonchev–Trinajstić information content (AvgIpc) is 3.92. The van der Waals surface area contributed by atoms with Gasteiger partial charge < -0.3 is 33.7 Å². The molecule has 0 spiro atoms. The van der Waals surface area contributed by atoms with E-state index in [1.165, 1.54) is 18.2 Å². The summed E-state index contributed by atoms with van der Waals surface area (Å²) in [6, 6.07) is 16.4. The number of rotatable bonds is 15. The van der Waals surface area contributed by atoms with Gasteiger partial charge in [0.05, 0.1) is 5.75 Å². The largest absolute Gasteiger partial charge is 0.460 e. The lowest BCUT2D eigenvalue weighted by molar-refractivity contribution is -0.147. The smallest absolute Gasteiger partial charge is 0.387 e. The van der Waals surface area contributed by atoms with E-state index in [1.54, 1.807) is 6.07 Å². The second-order valence-electron chi connectivity index (χ2n) is 13.7. The number of carbonyl (C=O) groups excluding carboxylic acids is 1. The van der Waals surface area contributed by atoms with Gasteiger partial charge in [0, 0.05) is 53.7 Å². The maximum atomic E-state index is 13.4. The summed E-state index contributed by atoms with van der Waals surface area (Å²) in [5.41, 5.74) is 6.25. The maximum Gasteiger partial charge on any atom is 0.387 e. The summed E-state index contributed by atoms with van der Waals surface area (Å²) in [7, 11) is -3.22. The third-order valence-electron chi connectivity index (χ3n) is 9.67. The number of hydrogen-bond acceptors (Lipinski definition) is 12. The first kappa shape index (κ1) is 39.7. The molecule has 1 atom stereocenters. The number of aromatic nitrogens is 2. The van der Waals surface area contributed by atoms with Crippen LogP contribution in [0.2, 0.25) is 0 Å². The van der Waals surface area contributed by atoms with Gasteiger partial charge in [-0.2, -0.15) is 17.6 Å². The SMILES string of the molecule is Cc1c(-c2nc3cc(CNCCS(C)(=O)=O)c(OC(F)F)cc3o2)cccc1-c1cccc(-c2nc3cc(COC(=O)[C@@H]4CCCN4)c(OC(F)F)cc3o2)c1C. The number of fused-ring (bicyclic) bond motifs is 2. The molecule has 0 saturated carbocycles. The number of benzene rings is 4. The van der Waals surface area contributed by atoms with Gasteiger partial charge >= 0.3 is 19.2 Å². The lowest BCUT2D eigenvalue weighted by Gasteiger charge is -2.14. The summed E-state index contributed by atoms with van der Waals surface area (Å²) in [5, 5.41) is 5.99. The number of oxazole rings is 2. The van der Waals surface area contributed by atoms with Crippen molar-refractivity contribution in [3.63, 3.8) is 0 Å². The highest BCUT2D eigenvalue weighted by Crippen LogP contribution is 2.39. The Morgan fingerprint density at radius 3 is 1.88 bits per heavy atom. The molecule has 1 aliphatic heterocycles. The molecule has 6 aromatic rings. The Morgan fingerprint density at radius 2 is 1.37 bits per heavy atom. The van der Waals surface area contributed by atoms with E-state index in [0.717, 1.165) is 34.9 Å². The minimum absolute atomic E-state index is 0.0550. The van der Waals surface area contributed by atoms with Crippen molar-refractivity contribution in [2.24, 2.45) is 0 Å². The van der Waals surface area contributed by atoms with Crippen LogP contribution in [0.15, 0.2) is 69.5 Å². The van der Waals surface area contributed by atoms with E-state index in [9.17, 15) is 30.8 Å². The van der Waals surface area contributed by atoms with Gasteiger partial charge in [-0.05, 0) is 79.8 Å². The highest BCUT2D eigenvalue weighted by molar-refractivity contribution is 7.90. The topological polar surface area (TPSA) is 155 Å². The predicted octanol–water partition coefficient (Wildman–Crippen LogP) is 7.72. The molecular formula is C40H38F4N4O8S. The quantitative estimate of drug-likeness (QED) is 0.0593. The Bertz CT molecular complexity index is 2550. The maximum absolute atomic E-state index is 13.4. The fourth-order valence-electron chi connectivity index (χ4n) is 6.82. The molecular weight excluding hydrogens is 773 g/mol. The van der Waals surface area contributed by atoms with E-state index >= 15 is 0 Å². The van der Waals surface area contributed by atoms with Crippen molar-refractivity contribution in [1.82, 2.24) is 20.6 Å². The molecule has 7 rings (SSSR count). The molecule has 1 aliphatic rings. The molecule has 1 saturated heterocycles. The van der Waals surface area contributed by atoms with Crippen LogP contribution in [0.25, 0.3) is 56.2 Å². The molecule has 2 aromatic heterocycles. The second-order valence-corrected chi connectivity index (χ2v) is 15.9. The third-order valence-corrected chi connectivity index (χ3v) is 10.6. The highest BCUT2D eigenvalue weighted by atomic mass is 32.2. The molecule has 0 radical (unpaired) electrons. The van der Waals surface area contributed by atoms with Crippen molar-refractivity contribution in [3.05, 3.63) is 82.9 Å². The Balaban J connectivity index is 1.18. The van der Waals surface area contributed by atoms with E-state index in [-0.39, 0.29) is 65.5 Å². The lowest BCUT2D eigenvalue weighted by atomic mass is 9.91. The van der Waals surface area contributed by atoms with Crippen LogP contribution in [0, 0.1) is 13.8 Å². The summed E-state index contributed by atoms with van der Waals surface area (Å²) in [4.78, 5) is 21.9. The molecule has 0 bridgehead atoms. The summed E-state index contributed by atoms with van der Waals surface area (Å²) in [6.07, 6.45) is 2.57. The van der Waals surface area contributed by atoms with Crippen LogP contribution in [-0.4, -0.2) is 68.7 Å². The van der Waals surface area contributed by atoms with E-state index in [4.69, 9.17) is 23.0 Å². The van der Waals surface area contributed by atoms with Crippen molar-refractivity contribution in [3.8, 4) is 45.5 Å². The summed E-state index contributed by atoms with van der Waals surface area (Å²) >= 11 is 0. The first-order valence-corrected chi connectivity index (χ1v) is 20.1. The number of alkyl halides is 4. The number of hydrogen-bond donors (Lipinski definition) is 2. The van der Waals surface area contributed by atoms with Crippen LogP contribution < -0.4 is 20.1 Å². The Kier molecular flexibility index (Phi) is 11.5. The van der Waals surface area contributed by atoms with Crippen LogP contribution >= 0.6 is 0 Å². The van der Waals surface area contributed by atoms with Gasteiger partial charge in [-0.3, -0.25) is 4.79 Å². The molecule has 17 heteroatoms. The summed E-state index contributed by atoms with van der Waals surface area (Å²) in [5.74, 6) is -0.452. The van der Waals surface area contributed by atoms with E-state index in [1.807, 2.05) is 50.2 Å². The van der Waals surface area contributed by atoms with Crippen LogP contribution in [0.1, 0.15) is 35.1 Å². The summed E-state index contributed by atoms with van der Waals surface area (Å²) in [6.45, 7) is -1.86. The van der Waals surface area contributed by atoms with Crippen LogP contribution in [0.5, 0.6) is 11.5 Å². The molecule has 0 aliphatic carbocycles. The zero-order valence-corrected chi connectivity index (χ0v) is 31.9. The van der Waals surface area contributed by atoms with E-state index in [2.05, 4.69) is 20.6 Å². The average molecular weight is 811 g/mol. The van der Waals surface area contributed by atoms with Gasteiger partial charge in [0.2, 0.25) is 11.8 Å². The Hall–Kier alpha value is -5.52. The van der Waals surface area contributed by atoms with Crippen LogP contribution in [0.4, 0.5) is 17.6 Å². The first-order chi connectivity index (χ1) is 27.2. The summed E-state index contributed by atoms with van der Waals surface area (Å²) < 4.78 is 104. The second kappa shape index (κ2) is 16.5. The van der Waals surface area contributed by atoms with Crippen LogP contribution in [0.3, 0.4) is 0 Å². The van der Waals surface area contributed by atoms with E-state index < -0.39 is 35.1 Å². The number of ether oxygens (including phenoxy) is 3. The molecule has 3 heterocycles. The van der Waals surface area contributed by atoms with Gasteiger partial charge in [-0.15, -0.1) is 0 Å². The monoisotopic (exact) mass is 810 g/mol. The molecule has 0 amide bonds. The van der Waals surface area contributed by atoms with Gasteiger partial charge in [-0.25, -0.2) is 18.4 Å². The fraction of sp³-hybridized carbons (Fsp3) is 0.325. The molecule has 2 N–H and O–H groups in total. The first-order valence-electron chi connectivity index (χ1n) is 18.0. The number of carbonyl (C=O) groups is 1. The number of nitrogens with zero attached hydrogens (tertiary/aromatic N) is 2. The predicted molar refractivity (Wildman–Crippen MR) is 203 cm³/mol. The third kappa shape index (κ3) is 9.05. The zero-order chi connectivity index (χ0) is 40.4. The number of nitrogens with one attached hydrogen (secondary N) is 2. The number of esters is 1. The lowest BCUT2D eigenvalue weighted by Crippen LogP contribution is -2.32. The zero-order valence-electron chi connectivity index (χ0n) is 31.0. The minimum atomic E-state index is -3.22. The van der Waals surface area contributed by atoms with Crippen molar-refractivity contribution in [2.75, 3.05) is 25.1 Å². The van der Waals surface area contributed by atoms with Gasteiger partial charge in [0.1, 0.15) is 45.0 Å². The van der Waals surface area contributed by atoms with E-state index in [0.29, 0.717) is 40.7 Å².